The Morgan fingerprint density at radius 3 is 2.86 bits per heavy atom. The molecule has 0 fully saturated rings. The molecule has 0 unspecified atom stereocenters. The lowest BCUT2D eigenvalue weighted by Crippen LogP contribution is -2.22. The third-order valence-corrected chi connectivity index (χ3v) is 0.329. The highest BCUT2D eigenvalue weighted by Gasteiger charge is 1.71. The molecule has 1 amide bonds. The maximum atomic E-state index is 9.38. The molecule has 2 N–H and O–H groups in total. The minimum Gasteiger partial charge on any atom is -0.340 e. The van der Waals surface area contributed by atoms with Crippen LogP contribution in [0.25, 0.3) is 0 Å². The van der Waals surface area contributed by atoms with Crippen molar-refractivity contribution in [3.63, 3.8) is 0 Å². The van der Waals surface area contributed by atoms with Gasteiger partial charge in [-0.25, -0.2) is 0 Å². The summed E-state index contributed by atoms with van der Waals surface area (Å²) in [5, 5.41) is 4.42. The lowest BCUT2D eigenvalue weighted by Gasteiger charge is -1.88. The molecule has 0 bridgehead atoms. The van der Waals surface area contributed by atoms with Crippen molar-refractivity contribution >= 4 is 6.41 Å². The minimum atomic E-state index is 0.0903. The van der Waals surface area contributed by atoms with E-state index in [-0.39, 0.29) is 6.67 Å². The molecule has 0 rings (SSSR count). The van der Waals surface area contributed by atoms with Crippen LogP contribution in [-0.2, 0) is 4.79 Å². The van der Waals surface area contributed by atoms with Gasteiger partial charge in [0.05, 0.1) is 5.29 Å². The van der Waals surface area contributed by atoms with Crippen molar-refractivity contribution in [3.05, 3.63) is 4.91 Å². The van der Waals surface area contributed by atoms with Crippen molar-refractivity contribution in [1.29, 1.82) is 0 Å². The van der Waals surface area contributed by atoms with E-state index in [1.165, 1.54) is 0 Å². The third kappa shape index (κ3) is 4.87. The number of carbonyl (C=O) groups excluding carboxylic acids is 1. The van der Waals surface area contributed by atoms with E-state index in [0.717, 1.165) is 0 Å². The van der Waals surface area contributed by atoms with Crippen LogP contribution in [0.15, 0.2) is 5.29 Å². The van der Waals surface area contributed by atoms with Crippen LogP contribution in [0.2, 0.25) is 0 Å². The van der Waals surface area contributed by atoms with E-state index in [1.54, 1.807) is 0 Å². The minimum absolute atomic E-state index is 0.0903. The maximum Gasteiger partial charge on any atom is 0.208 e. The van der Waals surface area contributed by atoms with Gasteiger partial charge in [-0.1, -0.05) is 0 Å². The summed E-state index contributed by atoms with van der Waals surface area (Å²) in [6.07, 6.45) is 0.470. The van der Waals surface area contributed by atoms with Gasteiger partial charge in [-0.05, 0) is 0 Å². The molecule has 0 aliphatic carbocycles. The van der Waals surface area contributed by atoms with Gasteiger partial charge in [-0.15, -0.1) is 4.91 Å². The van der Waals surface area contributed by atoms with Crippen molar-refractivity contribution < 1.29 is 4.79 Å². The maximum absolute atomic E-state index is 9.38. The van der Waals surface area contributed by atoms with Gasteiger partial charge in [0.25, 0.3) is 0 Å². The topological polar surface area (TPSA) is 70.6 Å². The Labute approximate surface area is 40.0 Å². The number of hydrogen-bond donors (Lipinski definition) is 2. The quantitative estimate of drug-likeness (QED) is 0.157. The van der Waals surface area contributed by atoms with Crippen molar-refractivity contribution in [3.8, 4) is 0 Å². The third-order valence-electron chi connectivity index (χ3n) is 0.329. The Hall–Kier alpha value is -1.13. The molecule has 0 aliphatic rings. The van der Waals surface area contributed by atoms with E-state index in [1.807, 2.05) is 5.43 Å². The Kier molecular flexibility index (Phi) is 4.08. The molecular formula is C2H5N3O2. The Morgan fingerprint density at radius 1 is 1.71 bits per heavy atom. The van der Waals surface area contributed by atoms with Crippen molar-refractivity contribution in [2.75, 3.05) is 6.67 Å². The molecule has 7 heavy (non-hydrogen) atoms. The summed E-state index contributed by atoms with van der Waals surface area (Å²) in [6, 6.07) is 0. The van der Waals surface area contributed by atoms with Crippen LogP contribution in [0.5, 0.6) is 0 Å². The van der Waals surface area contributed by atoms with Gasteiger partial charge < -0.3 is 5.32 Å². The number of amides is 1. The number of nitroso groups, excluding NO2 is 1. The van der Waals surface area contributed by atoms with Gasteiger partial charge in [-0.3, -0.25) is 10.2 Å². The molecule has 0 atom stereocenters. The summed E-state index contributed by atoms with van der Waals surface area (Å²) in [7, 11) is 0. The van der Waals surface area contributed by atoms with Crippen molar-refractivity contribution in [2.45, 2.75) is 0 Å². The molecule has 5 heteroatoms. The molecule has 0 aliphatic heterocycles. The average molecular weight is 103 g/mol. The second-order valence-corrected chi connectivity index (χ2v) is 0.748. The van der Waals surface area contributed by atoms with Crippen LogP contribution in [0.1, 0.15) is 0 Å². The van der Waals surface area contributed by atoms with Crippen LogP contribution in [0.4, 0.5) is 0 Å². The predicted octanol–water partition coefficient (Wildman–Crippen LogP) is -1.04. The fraction of sp³-hybridized carbons (Fsp3) is 0.500. The zero-order valence-corrected chi connectivity index (χ0v) is 3.55. The van der Waals surface area contributed by atoms with Gasteiger partial charge in [0.1, 0.15) is 6.67 Å². The van der Waals surface area contributed by atoms with Crippen LogP contribution in [0.3, 0.4) is 0 Å². The van der Waals surface area contributed by atoms with Crippen LogP contribution in [0, 0.1) is 4.91 Å². The van der Waals surface area contributed by atoms with Gasteiger partial charge in [-0.2, -0.15) is 0 Å². The molecule has 0 spiro atoms. The SMILES string of the molecule is O=CNCNN=O. The zero-order chi connectivity index (χ0) is 5.54. The van der Waals surface area contributed by atoms with Gasteiger partial charge in [0.15, 0.2) is 0 Å². The first-order valence-electron chi connectivity index (χ1n) is 1.64. The van der Waals surface area contributed by atoms with E-state index in [0.29, 0.717) is 6.41 Å². The molecule has 0 aromatic heterocycles. The molecule has 0 heterocycles. The number of carbonyl (C=O) groups is 1. The van der Waals surface area contributed by atoms with Crippen molar-refractivity contribution in [1.82, 2.24) is 10.7 Å². The molecule has 40 valence electrons. The number of rotatable bonds is 4. The van der Waals surface area contributed by atoms with Crippen LogP contribution < -0.4 is 10.7 Å². The second kappa shape index (κ2) is 4.87. The molecular weight excluding hydrogens is 98.0 g/mol. The normalized spacial score (nSPS) is 6.86. The first-order valence-corrected chi connectivity index (χ1v) is 1.64. The summed E-state index contributed by atoms with van der Waals surface area (Å²) < 4.78 is 0. The summed E-state index contributed by atoms with van der Waals surface area (Å²) in [5.41, 5.74) is 1.98. The molecule has 0 radical (unpaired) electrons. The highest BCUT2D eigenvalue weighted by Crippen LogP contribution is 1.45. The van der Waals surface area contributed by atoms with Crippen LogP contribution in [-0.4, -0.2) is 13.1 Å². The highest BCUT2D eigenvalue weighted by atomic mass is 16.3. The van der Waals surface area contributed by atoms with Gasteiger partial charge in [0.2, 0.25) is 6.41 Å². The van der Waals surface area contributed by atoms with Crippen LogP contribution >= 0.6 is 0 Å². The molecule has 0 saturated carbocycles. The zero-order valence-electron chi connectivity index (χ0n) is 3.55. The monoisotopic (exact) mass is 103 g/mol. The highest BCUT2D eigenvalue weighted by molar-refractivity contribution is 5.45. The van der Waals surface area contributed by atoms with E-state index >= 15 is 0 Å². The summed E-state index contributed by atoms with van der Waals surface area (Å²) >= 11 is 0. The average Bonchev–Trinajstić information content (AvgIpc) is 1.69. The summed E-state index contributed by atoms with van der Waals surface area (Å²) in [6.45, 7) is 0.0903. The predicted molar refractivity (Wildman–Crippen MR) is 23.0 cm³/mol. The molecule has 0 aromatic rings. The second-order valence-electron chi connectivity index (χ2n) is 0.748. The van der Waals surface area contributed by atoms with Gasteiger partial charge in [0, 0.05) is 0 Å². The molecule has 0 aromatic carbocycles. The Morgan fingerprint density at radius 2 is 2.43 bits per heavy atom. The summed E-state index contributed by atoms with van der Waals surface area (Å²) in [5.74, 6) is 0. The van der Waals surface area contributed by atoms with Crippen molar-refractivity contribution in [2.24, 2.45) is 5.29 Å². The van der Waals surface area contributed by atoms with E-state index in [4.69, 9.17) is 4.91 Å². The summed E-state index contributed by atoms with van der Waals surface area (Å²) in [4.78, 5) is 18.5. The number of nitrogens with one attached hydrogen (secondary N) is 2. The van der Waals surface area contributed by atoms with E-state index in [9.17, 15) is 4.79 Å². The van der Waals surface area contributed by atoms with E-state index < -0.39 is 0 Å². The lowest BCUT2D eigenvalue weighted by atomic mass is 11.1. The lowest BCUT2D eigenvalue weighted by molar-refractivity contribution is -0.109. The Balaban J connectivity index is 2.68. The molecule has 0 saturated heterocycles. The number of nitrogens with zero attached hydrogens (tertiary/aromatic N) is 1. The van der Waals surface area contributed by atoms with E-state index in [2.05, 4.69) is 10.6 Å². The first kappa shape index (κ1) is 5.87. The fourth-order valence-corrected chi connectivity index (χ4v) is 0.120. The fourth-order valence-electron chi connectivity index (χ4n) is 0.120. The number of hydrogen-bond acceptors (Lipinski definition) is 3. The smallest absolute Gasteiger partial charge is 0.208 e. The van der Waals surface area contributed by atoms with Gasteiger partial charge >= 0.3 is 0 Å². The molecule has 5 nitrogen and oxygen atoms in total. The Bertz CT molecular complexity index is 56.0. The first-order chi connectivity index (χ1) is 3.41. The standard InChI is InChI=1S/C2H5N3O2/c6-2-3-1-4-5-7/h2H,1H2,(H,3,6)(H,4,7). The largest absolute Gasteiger partial charge is 0.340 e.